The van der Waals surface area contributed by atoms with Crippen molar-refractivity contribution in [2.24, 2.45) is 10.6 Å². The van der Waals surface area contributed by atoms with Crippen LogP contribution < -0.4 is 5.14 Å². The molecule has 1 saturated heterocycles. The van der Waals surface area contributed by atoms with E-state index in [1.807, 2.05) is 0 Å². The topological polar surface area (TPSA) is 52.3 Å². The average molecular weight is 177 g/mol. The highest BCUT2D eigenvalue weighted by Gasteiger charge is 2.32. The van der Waals surface area contributed by atoms with E-state index in [1.165, 1.54) is 0 Å². The fraction of sp³-hybridized carbons (Fsp3) is 1.00. The molecule has 2 atom stereocenters. The van der Waals surface area contributed by atoms with Gasteiger partial charge in [0.15, 0.2) is 0 Å². The highest BCUT2D eigenvalue weighted by molar-refractivity contribution is 7.82. The number of ether oxygens (including phenoxy) is 1. The normalized spacial score (nSPS) is 32.1. The average Bonchev–Trinajstić information content (AvgIpc) is 2.08. The van der Waals surface area contributed by atoms with Crippen LogP contribution in [0.2, 0.25) is 0 Å². The predicted octanol–water partition coefficient (Wildman–Crippen LogP) is 0.424. The largest absolute Gasteiger partial charge is 0.377 e. The molecule has 1 heterocycles. The molecular weight excluding hydrogens is 162 g/mol. The Bertz CT molecular complexity index is 170. The van der Waals surface area contributed by atoms with Crippen molar-refractivity contribution in [3.63, 3.8) is 0 Å². The van der Waals surface area contributed by atoms with Crippen molar-refractivity contribution < 1.29 is 8.95 Å². The summed E-state index contributed by atoms with van der Waals surface area (Å²) in [6, 6.07) is 0. The van der Waals surface area contributed by atoms with Crippen molar-refractivity contribution in [2.75, 3.05) is 12.4 Å². The first-order valence-electron chi connectivity index (χ1n) is 3.74. The standard InChI is InChI=1S/C7H15NO2S/c1-7(2)3-6(10-5-7)4-11(8)9/h6H,3-5,8H2,1-2H3. The molecule has 1 fully saturated rings. The van der Waals surface area contributed by atoms with Crippen molar-refractivity contribution >= 4 is 11.0 Å². The zero-order valence-corrected chi connectivity index (χ0v) is 7.82. The third kappa shape index (κ3) is 2.89. The fourth-order valence-electron chi connectivity index (χ4n) is 1.37. The van der Waals surface area contributed by atoms with E-state index in [1.54, 1.807) is 0 Å². The van der Waals surface area contributed by atoms with Gasteiger partial charge in [0.05, 0.1) is 29.4 Å². The summed E-state index contributed by atoms with van der Waals surface area (Å²) in [5, 5.41) is 5.15. The molecule has 11 heavy (non-hydrogen) atoms. The maximum atomic E-state index is 10.6. The molecule has 3 nitrogen and oxygen atoms in total. The van der Waals surface area contributed by atoms with Crippen LogP contribution in [0.3, 0.4) is 0 Å². The molecule has 2 unspecified atom stereocenters. The van der Waals surface area contributed by atoms with Gasteiger partial charge in [-0.1, -0.05) is 13.8 Å². The van der Waals surface area contributed by atoms with Gasteiger partial charge in [0.1, 0.15) is 0 Å². The van der Waals surface area contributed by atoms with Gasteiger partial charge < -0.3 is 4.74 Å². The highest BCUT2D eigenvalue weighted by atomic mass is 32.2. The Balaban J connectivity index is 2.36. The van der Waals surface area contributed by atoms with E-state index in [-0.39, 0.29) is 11.5 Å². The maximum Gasteiger partial charge on any atom is 0.0914 e. The van der Waals surface area contributed by atoms with E-state index in [0.717, 1.165) is 13.0 Å². The fourth-order valence-corrected chi connectivity index (χ4v) is 1.95. The first kappa shape index (κ1) is 9.16. The van der Waals surface area contributed by atoms with E-state index >= 15 is 0 Å². The van der Waals surface area contributed by atoms with Crippen molar-refractivity contribution in [2.45, 2.75) is 26.4 Å². The molecule has 0 aromatic rings. The van der Waals surface area contributed by atoms with E-state index in [4.69, 9.17) is 9.88 Å². The van der Waals surface area contributed by atoms with Crippen molar-refractivity contribution in [1.29, 1.82) is 0 Å². The van der Waals surface area contributed by atoms with E-state index in [2.05, 4.69) is 13.8 Å². The lowest BCUT2D eigenvalue weighted by Crippen LogP contribution is -2.21. The molecule has 1 aliphatic heterocycles. The second-order valence-electron chi connectivity index (χ2n) is 3.85. The third-order valence-electron chi connectivity index (χ3n) is 1.84. The third-order valence-corrected chi connectivity index (χ3v) is 2.54. The molecule has 0 amide bonds. The summed E-state index contributed by atoms with van der Waals surface area (Å²) in [5.41, 5.74) is 0.240. The minimum Gasteiger partial charge on any atom is -0.377 e. The van der Waals surface area contributed by atoms with Gasteiger partial charge in [-0.15, -0.1) is 0 Å². The Morgan fingerprint density at radius 2 is 2.36 bits per heavy atom. The van der Waals surface area contributed by atoms with Gasteiger partial charge in [0.25, 0.3) is 0 Å². The minimum absolute atomic E-state index is 0.107. The molecule has 0 bridgehead atoms. The molecule has 0 aliphatic carbocycles. The molecule has 0 aromatic heterocycles. The summed E-state index contributed by atoms with van der Waals surface area (Å²) in [5.74, 6) is 0.476. The Kier molecular flexibility index (Phi) is 2.67. The van der Waals surface area contributed by atoms with Gasteiger partial charge in [-0.2, -0.15) is 0 Å². The van der Waals surface area contributed by atoms with E-state index < -0.39 is 11.0 Å². The molecule has 1 aliphatic rings. The summed E-state index contributed by atoms with van der Waals surface area (Å²) < 4.78 is 16.0. The zero-order valence-electron chi connectivity index (χ0n) is 7.00. The van der Waals surface area contributed by atoms with Gasteiger partial charge in [-0.3, -0.25) is 5.14 Å². The lowest BCUT2D eigenvalue weighted by Gasteiger charge is -2.12. The van der Waals surface area contributed by atoms with Crippen molar-refractivity contribution in [3.05, 3.63) is 0 Å². The Labute approximate surface area is 69.9 Å². The van der Waals surface area contributed by atoms with Crippen molar-refractivity contribution in [1.82, 2.24) is 0 Å². The van der Waals surface area contributed by atoms with Gasteiger partial charge in [0.2, 0.25) is 0 Å². The predicted molar refractivity (Wildman–Crippen MR) is 45.3 cm³/mol. The van der Waals surface area contributed by atoms with Gasteiger partial charge >= 0.3 is 0 Å². The number of rotatable bonds is 2. The van der Waals surface area contributed by atoms with Crippen LogP contribution in [0.4, 0.5) is 0 Å². The second kappa shape index (κ2) is 3.21. The highest BCUT2D eigenvalue weighted by Crippen LogP contribution is 2.31. The van der Waals surface area contributed by atoms with Crippen LogP contribution in [-0.4, -0.2) is 22.7 Å². The molecular formula is C7H15NO2S. The van der Waals surface area contributed by atoms with Crippen LogP contribution in [0.1, 0.15) is 20.3 Å². The SMILES string of the molecule is CC1(C)COC(CS(N)=O)C1. The molecule has 0 radical (unpaired) electrons. The quantitative estimate of drug-likeness (QED) is 0.664. The van der Waals surface area contributed by atoms with Crippen molar-refractivity contribution in [3.8, 4) is 0 Å². The maximum absolute atomic E-state index is 10.6. The van der Waals surface area contributed by atoms with Crippen LogP contribution in [0, 0.1) is 5.41 Å². The Hall–Kier alpha value is 0.0700. The molecule has 4 heteroatoms. The first-order chi connectivity index (χ1) is 4.99. The van der Waals surface area contributed by atoms with Crippen LogP contribution in [-0.2, 0) is 15.7 Å². The van der Waals surface area contributed by atoms with Crippen LogP contribution in [0.5, 0.6) is 0 Å². The summed E-state index contributed by atoms with van der Waals surface area (Å²) in [7, 11) is -1.21. The molecule has 66 valence electrons. The lowest BCUT2D eigenvalue weighted by molar-refractivity contribution is 0.114. The number of hydrogen-bond acceptors (Lipinski definition) is 2. The van der Waals surface area contributed by atoms with Gasteiger partial charge in [0, 0.05) is 0 Å². The van der Waals surface area contributed by atoms with E-state index in [0.29, 0.717) is 5.75 Å². The summed E-state index contributed by atoms with van der Waals surface area (Å²) >= 11 is 0. The Morgan fingerprint density at radius 3 is 2.73 bits per heavy atom. The van der Waals surface area contributed by atoms with Gasteiger partial charge in [-0.05, 0) is 11.8 Å². The first-order valence-corrected chi connectivity index (χ1v) is 5.12. The number of hydrogen-bond donors (Lipinski definition) is 1. The monoisotopic (exact) mass is 177 g/mol. The molecule has 0 spiro atoms. The van der Waals surface area contributed by atoms with Crippen LogP contribution >= 0.6 is 0 Å². The molecule has 0 saturated carbocycles. The lowest BCUT2D eigenvalue weighted by atomic mass is 9.91. The summed E-state index contributed by atoms with van der Waals surface area (Å²) in [4.78, 5) is 0. The molecule has 1 rings (SSSR count). The number of nitrogens with two attached hydrogens (primary N) is 1. The Morgan fingerprint density at radius 1 is 1.73 bits per heavy atom. The molecule has 2 N–H and O–H groups in total. The second-order valence-corrected chi connectivity index (χ2v) is 4.94. The summed E-state index contributed by atoms with van der Waals surface area (Å²) in [6.45, 7) is 5.05. The smallest absolute Gasteiger partial charge is 0.0914 e. The van der Waals surface area contributed by atoms with Crippen LogP contribution in [0.25, 0.3) is 0 Å². The summed E-state index contributed by atoms with van der Waals surface area (Å²) in [6.07, 6.45) is 1.08. The van der Waals surface area contributed by atoms with Crippen LogP contribution in [0.15, 0.2) is 0 Å². The minimum atomic E-state index is -1.21. The zero-order chi connectivity index (χ0) is 8.48. The van der Waals surface area contributed by atoms with E-state index in [9.17, 15) is 4.21 Å². The van der Waals surface area contributed by atoms with Gasteiger partial charge in [-0.25, -0.2) is 4.21 Å². The molecule has 0 aromatic carbocycles.